The second-order valence-electron chi connectivity index (χ2n) is 10.2. The second kappa shape index (κ2) is 11.2. The van der Waals surface area contributed by atoms with Crippen molar-refractivity contribution >= 4 is 28.9 Å². The highest BCUT2D eigenvalue weighted by atomic mass is 32.1. The van der Waals surface area contributed by atoms with Gasteiger partial charge in [-0.2, -0.15) is 13.2 Å². The maximum atomic E-state index is 13.0. The van der Waals surface area contributed by atoms with Crippen molar-refractivity contribution in [3.63, 3.8) is 0 Å². The number of aliphatic hydroxyl groups is 1. The van der Waals surface area contributed by atoms with E-state index < -0.39 is 17.5 Å². The molecule has 1 aliphatic heterocycles. The molecule has 1 aromatic carbocycles. The number of rotatable bonds is 7. The minimum Gasteiger partial charge on any atom is -0.383 e. The Hall–Kier alpha value is -3.09. The van der Waals surface area contributed by atoms with E-state index in [0.717, 1.165) is 47.7 Å². The quantitative estimate of drug-likeness (QED) is 0.350. The fourth-order valence-electron chi connectivity index (χ4n) is 5.08. The molecule has 0 radical (unpaired) electrons. The maximum Gasteiger partial charge on any atom is 0.433 e. The number of carbonyl (C=O) groups is 1. The number of aryl methyl sites for hydroxylation is 1. The van der Waals surface area contributed by atoms with Gasteiger partial charge in [0.1, 0.15) is 16.3 Å². The highest BCUT2D eigenvalue weighted by Gasteiger charge is 2.38. The molecule has 39 heavy (non-hydrogen) atoms. The Morgan fingerprint density at radius 1 is 1.21 bits per heavy atom. The lowest BCUT2D eigenvalue weighted by Crippen LogP contribution is -2.42. The summed E-state index contributed by atoms with van der Waals surface area (Å²) in [5.41, 5.74) is 0.138. The van der Waals surface area contributed by atoms with Gasteiger partial charge < -0.3 is 20.5 Å². The van der Waals surface area contributed by atoms with Crippen LogP contribution in [-0.4, -0.2) is 44.7 Å². The number of halogens is 3. The molecule has 1 aliphatic carbocycles. The van der Waals surface area contributed by atoms with E-state index in [2.05, 4.69) is 25.6 Å². The highest BCUT2D eigenvalue weighted by molar-refractivity contribution is 7.15. The summed E-state index contributed by atoms with van der Waals surface area (Å²) >= 11 is 1.38. The Balaban J connectivity index is 1.23. The molecule has 2 aliphatic rings. The SMILES string of the molecule is Cc1cc(Nc2nccc(C(F)(F)F)n2)cc(-c2cnc([C@]3(O)CC[C@@H](NC(=O)CC4CCCO4)CC3)s2)c1. The predicted octanol–water partition coefficient (Wildman–Crippen LogP) is 5.49. The molecule has 5 rings (SSSR count). The smallest absolute Gasteiger partial charge is 0.383 e. The van der Waals surface area contributed by atoms with Crippen LogP contribution in [0.25, 0.3) is 10.4 Å². The zero-order chi connectivity index (χ0) is 27.6. The van der Waals surface area contributed by atoms with Crippen LogP contribution in [0.5, 0.6) is 0 Å². The number of aromatic nitrogens is 3. The molecule has 8 nitrogen and oxygen atoms in total. The van der Waals surface area contributed by atoms with Crippen molar-refractivity contribution in [1.82, 2.24) is 20.3 Å². The molecule has 1 unspecified atom stereocenters. The van der Waals surface area contributed by atoms with Gasteiger partial charge in [-0.3, -0.25) is 4.79 Å². The first kappa shape index (κ1) is 27.5. The molecular weight excluding hydrogens is 531 g/mol. The molecule has 0 spiro atoms. The molecule has 1 saturated carbocycles. The molecule has 3 heterocycles. The monoisotopic (exact) mass is 561 g/mol. The average molecular weight is 562 g/mol. The lowest BCUT2D eigenvalue weighted by molar-refractivity contribution is -0.141. The summed E-state index contributed by atoms with van der Waals surface area (Å²) in [6.45, 7) is 2.60. The fourth-order valence-corrected chi connectivity index (χ4v) is 6.13. The zero-order valence-corrected chi connectivity index (χ0v) is 22.2. The molecule has 3 aromatic rings. The summed E-state index contributed by atoms with van der Waals surface area (Å²) in [4.78, 5) is 25.2. The normalized spacial score (nSPS) is 23.5. The van der Waals surface area contributed by atoms with Gasteiger partial charge in [-0.25, -0.2) is 15.0 Å². The predicted molar refractivity (Wildman–Crippen MR) is 140 cm³/mol. The van der Waals surface area contributed by atoms with E-state index in [9.17, 15) is 23.1 Å². The van der Waals surface area contributed by atoms with Crippen molar-refractivity contribution in [1.29, 1.82) is 0 Å². The molecule has 1 amide bonds. The summed E-state index contributed by atoms with van der Waals surface area (Å²) in [7, 11) is 0. The summed E-state index contributed by atoms with van der Waals surface area (Å²) in [5, 5.41) is 17.9. The van der Waals surface area contributed by atoms with Crippen LogP contribution in [0.1, 0.15) is 61.2 Å². The number of ether oxygens (including phenoxy) is 1. The summed E-state index contributed by atoms with van der Waals surface area (Å²) < 4.78 is 44.6. The number of nitrogens with one attached hydrogen (secondary N) is 2. The molecular formula is C27H30F3N5O3S. The number of alkyl halides is 3. The fraction of sp³-hybridized carbons (Fsp3) is 0.481. The Labute approximate surface area is 228 Å². The Morgan fingerprint density at radius 2 is 2.00 bits per heavy atom. The van der Waals surface area contributed by atoms with E-state index in [1.54, 1.807) is 18.3 Å². The van der Waals surface area contributed by atoms with E-state index in [4.69, 9.17) is 4.74 Å². The van der Waals surface area contributed by atoms with Crippen LogP contribution in [0.4, 0.5) is 24.8 Å². The number of benzene rings is 1. The van der Waals surface area contributed by atoms with Gasteiger partial charge in [-0.1, -0.05) is 6.07 Å². The van der Waals surface area contributed by atoms with Crippen molar-refractivity contribution < 1.29 is 27.8 Å². The van der Waals surface area contributed by atoms with Crippen LogP contribution in [0.3, 0.4) is 0 Å². The van der Waals surface area contributed by atoms with Crippen molar-refractivity contribution in [3.05, 3.63) is 52.9 Å². The molecule has 1 saturated heterocycles. The van der Waals surface area contributed by atoms with Gasteiger partial charge in [0.15, 0.2) is 0 Å². The molecule has 208 valence electrons. The van der Waals surface area contributed by atoms with Gasteiger partial charge in [0.05, 0.1) is 17.4 Å². The minimum atomic E-state index is -4.56. The molecule has 2 aromatic heterocycles. The van der Waals surface area contributed by atoms with E-state index in [1.807, 2.05) is 13.0 Å². The third kappa shape index (κ3) is 6.74. The largest absolute Gasteiger partial charge is 0.433 e. The molecule has 0 bridgehead atoms. The van der Waals surface area contributed by atoms with Gasteiger partial charge in [0.2, 0.25) is 11.9 Å². The number of amides is 1. The molecule has 3 N–H and O–H groups in total. The van der Waals surface area contributed by atoms with E-state index >= 15 is 0 Å². The van der Waals surface area contributed by atoms with Crippen molar-refractivity contribution in [2.24, 2.45) is 0 Å². The summed E-state index contributed by atoms with van der Waals surface area (Å²) in [5.74, 6) is -0.159. The van der Waals surface area contributed by atoms with Crippen molar-refractivity contribution in [2.75, 3.05) is 11.9 Å². The standard InChI is InChI=1S/C27H30F3N5O3S/c1-16-11-17(13-19(12-16)34-25-31-9-6-22(35-25)27(28,29)30)21-15-32-24(39-21)26(37)7-4-18(5-8-26)33-23(36)14-20-3-2-10-38-20/h6,9,11-13,15,18,20,37H,2-5,7-8,10,14H2,1H3,(H,33,36)(H,31,34,35)/t18-,20?,26+. The Kier molecular flexibility index (Phi) is 7.88. The number of hydrogen-bond acceptors (Lipinski definition) is 8. The van der Waals surface area contributed by atoms with Gasteiger partial charge in [-0.05, 0) is 74.8 Å². The summed E-state index contributed by atoms with van der Waals surface area (Å²) in [6, 6.07) is 6.36. The first-order valence-electron chi connectivity index (χ1n) is 13.0. The van der Waals surface area contributed by atoms with E-state index in [-0.39, 0.29) is 24.0 Å². The number of hydrogen-bond donors (Lipinski definition) is 3. The summed E-state index contributed by atoms with van der Waals surface area (Å²) in [6.07, 6.45) is 2.77. The van der Waals surface area contributed by atoms with E-state index in [0.29, 0.717) is 42.8 Å². The van der Waals surface area contributed by atoms with Crippen LogP contribution in [0.15, 0.2) is 36.7 Å². The number of carbonyl (C=O) groups excluding carboxylic acids is 1. The van der Waals surface area contributed by atoms with Gasteiger partial charge >= 0.3 is 6.18 Å². The van der Waals surface area contributed by atoms with Crippen LogP contribution < -0.4 is 10.6 Å². The van der Waals surface area contributed by atoms with Crippen LogP contribution in [0.2, 0.25) is 0 Å². The van der Waals surface area contributed by atoms with Crippen LogP contribution >= 0.6 is 11.3 Å². The van der Waals surface area contributed by atoms with Gasteiger partial charge in [0, 0.05) is 30.7 Å². The molecule has 2 fully saturated rings. The van der Waals surface area contributed by atoms with Gasteiger partial charge in [0.25, 0.3) is 0 Å². The topological polar surface area (TPSA) is 109 Å². The molecule has 1 atom stereocenters. The van der Waals surface area contributed by atoms with Crippen molar-refractivity contribution in [3.8, 4) is 10.4 Å². The minimum absolute atomic E-state index is 0.00623. The van der Waals surface area contributed by atoms with Crippen LogP contribution in [-0.2, 0) is 21.3 Å². The highest BCUT2D eigenvalue weighted by Crippen LogP contribution is 2.41. The zero-order valence-electron chi connectivity index (χ0n) is 21.4. The maximum absolute atomic E-state index is 13.0. The van der Waals surface area contributed by atoms with Crippen LogP contribution in [0, 0.1) is 6.92 Å². The number of thiazole rings is 1. The number of anilines is 2. The first-order valence-corrected chi connectivity index (χ1v) is 13.8. The third-order valence-electron chi connectivity index (χ3n) is 7.08. The molecule has 12 heteroatoms. The van der Waals surface area contributed by atoms with Crippen molar-refractivity contribution in [2.45, 2.75) is 75.8 Å². The van der Waals surface area contributed by atoms with E-state index in [1.165, 1.54) is 11.3 Å². The second-order valence-corrected chi connectivity index (χ2v) is 11.2. The lowest BCUT2D eigenvalue weighted by Gasteiger charge is -2.35. The number of nitrogens with zero attached hydrogens (tertiary/aromatic N) is 3. The van der Waals surface area contributed by atoms with Gasteiger partial charge in [-0.15, -0.1) is 11.3 Å². The Morgan fingerprint density at radius 3 is 2.72 bits per heavy atom. The average Bonchev–Trinajstić information content (AvgIpc) is 3.58. The first-order chi connectivity index (χ1) is 18.6. The third-order valence-corrected chi connectivity index (χ3v) is 8.32. The lowest BCUT2D eigenvalue weighted by atomic mass is 9.82. The Bertz CT molecular complexity index is 1320.